The molecule has 0 aromatic carbocycles. The average Bonchev–Trinajstić information content (AvgIpc) is 2.92. The highest BCUT2D eigenvalue weighted by Gasteiger charge is 2.44. The number of aromatic nitrogens is 2. The molecule has 0 bridgehead atoms. The largest absolute Gasteiger partial charge is 0.370 e. The second-order valence-electron chi connectivity index (χ2n) is 5.49. The molecule has 1 unspecified atom stereocenters. The molecule has 1 fully saturated rings. The van der Waals surface area contributed by atoms with Crippen molar-refractivity contribution < 1.29 is 0 Å². The van der Waals surface area contributed by atoms with Gasteiger partial charge in [0, 0.05) is 19.2 Å². The second kappa shape index (κ2) is 4.90. The zero-order valence-electron chi connectivity index (χ0n) is 11.0. The zero-order valence-corrected chi connectivity index (χ0v) is 11.0. The van der Waals surface area contributed by atoms with Crippen molar-refractivity contribution in [3.8, 4) is 0 Å². The van der Waals surface area contributed by atoms with Crippen molar-refractivity contribution in [1.29, 1.82) is 0 Å². The van der Waals surface area contributed by atoms with Crippen LogP contribution in [0.15, 0.2) is 12.4 Å². The molecular weight excluding hydrogens is 212 g/mol. The number of hydrogen-bond donors (Lipinski definition) is 2. The number of hydrogen-bond acceptors (Lipinski definition) is 4. The fraction of sp³-hybridized carbons (Fsp3) is 0.692. The van der Waals surface area contributed by atoms with E-state index in [4.69, 9.17) is 0 Å². The minimum atomic E-state index is 0.517. The SMILES string of the molecule is CCCNc1cc(NCC2CC2(C)C)ncn1. The van der Waals surface area contributed by atoms with Gasteiger partial charge in [-0.15, -0.1) is 0 Å². The Morgan fingerprint density at radius 2 is 1.94 bits per heavy atom. The lowest BCUT2D eigenvalue weighted by atomic mass is 10.1. The normalized spacial score (nSPS) is 21.0. The summed E-state index contributed by atoms with van der Waals surface area (Å²) in [4.78, 5) is 8.42. The molecule has 17 heavy (non-hydrogen) atoms. The van der Waals surface area contributed by atoms with E-state index in [1.165, 1.54) is 6.42 Å². The smallest absolute Gasteiger partial charge is 0.131 e. The molecule has 1 saturated carbocycles. The first-order chi connectivity index (χ1) is 8.12. The fourth-order valence-electron chi connectivity index (χ4n) is 1.96. The molecule has 0 saturated heterocycles. The summed E-state index contributed by atoms with van der Waals surface area (Å²) >= 11 is 0. The number of nitrogens with one attached hydrogen (secondary N) is 2. The van der Waals surface area contributed by atoms with Gasteiger partial charge in [0.05, 0.1) is 0 Å². The Balaban J connectivity index is 1.84. The highest BCUT2D eigenvalue weighted by atomic mass is 15.1. The molecular formula is C13H22N4. The van der Waals surface area contributed by atoms with Crippen molar-refractivity contribution in [2.75, 3.05) is 23.7 Å². The Morgan fingerprint density at radius 1 is 1.29 bits per heavy atom. The van der Waals surface area contributed by atoms with Crippen LogP contribution in [-0.2, 0) is 0 Å². The summed E-state index contributed by atoms with van der Waals surface area (Å²) in [7, 11) is 0. The van der Waals surface area contributed by atoms with Crippen LogP contribution in [0.3, 0.4) is 0 Å². The van der Waals surface area contributed by atoms with Gasteiger partial charge in [-0.1, -0.05) is 20.8 Å². The monoisotopic (exact) mass is 234 g/mol. The van der Waals surface area contributed by atoms with E-state index in [0.717, 1.165) is 37.1 Å². The third kappa shape index (κ3) is 3.32. The van der Waals surface area contributed by atoms with Gasteiger partial charge in [0.2, 0.25) is 0 Å². The first-order valence-electron chi connectivity index (χ1n) is 6.41. The van der Waals surface area contributed by atoms with Gasteiger partial charge in [-0.25, -0.2) is 9.97 Å². The summed E-state index contributed by atoms with van der Waals surface area (Å²) in [5, 5.41) is 6.65. The molecule has 1 heterocycles. The quantitative estimate of drug-likeness (QED) is 0.794. The van der Waals surface area contributed by atoms with E-state index in [1.807, 2.05) is 6.07 Å². The lowest BCUT2D eigenvalue weighted by molar-refractivity contribution is 0.573. The van der Waals surface area contributed by atoms with Crippen LogP contribution in [0.5, 0.6) is 0 Å². The maximum absolute atomic E-state index is 4.23. The number of rotatable bonds is 6. The van der Waals surface area contributed by atoms with Crippen LogP contribution in [0, 0.1) is 11.3 Å². The summed E-state index contributed by atoms with van der Waals surface area (Å²) in [6.07, 6.45) is 4.02. The number of nitrogens with zero attached hydrogens (tertiary/aromatic N) is 2. The van der Waals surface area contributed by atoms with E-state index in [-0.39, 0.29) is 0 Å². The molecule has 1 aliphatic carbocycles. The highest BCUT2D eigenvalue weighted by Crippen LogP contribution is 2.51. The third-order valence-corrected chi connectivity index (χ3v) is 3.47. The van der Waals surface area contributed by atoms with E-state index in [9.17, 15) is 0 Å². The number of anilines is 2. The summed E-state index contributed by atoms with van der Waals surface area (Å²) < 4.78 is 0. The summed E-state index contributed by atoms with van der Waals surface area (Å²) in [5.41, 5.74) is 0.517. The van der Waals surface area contributed by atoms with Crippen LogP contribution in [0.25, 0.3) is 0 Å². The van der Waals surface area contributed by atoms with E-state index in [1.54, 1.807) is 6.33 Å². The third-order valence-electron chi connectivity index (χ3n) is 3.47. The maximum Gasteiger partial charge on any atom is 0.131 e. The lowest BCUT2D eigenvalue weighted by Gasteiger charge is -2.08. The Bertz CT molecular complexity index is 375. The first kappa shape index (κ1) is 12.1. The van der Waals surface area contributed by atoms with Crippen LogP contribution in [-0.4, -0.2) is 23.1 Å². The summed E-state index contributed by atoms with van der Waals surface area (Å²) in [6, 6.07) is 1.98. The summed E-state index contributed by atoms with van der Waals surface area (Å²) in [5.74, 6) is 2.60. The molecule has 0 radical (unpaired) electrons. The van der Waals surface area contributed by atoms with Gasteiger partial charge in [0.25, 0.3) is 0 Å². The molecule has 1 aliphatic rings. The maximum atomic E-state index is 4.23. The average molecular weight is 234 g/mol. The van der Waals surface area contributed by atoms with Gasteiger partial charge in [-0.2, -0.15) is 0 Å². The van der Waals surface area contributed by atoms with Gasteiger partial charge < -0.3 is 10.6 Å². The van der Waals surface area contributed by atoms with E-state index < -0.39 is 0 Å². The van der Waals surface area contributed by atoms with Crippen molar-refractivity contribution in [2.45, 2.75) is 33.6 Å². The van der Waals surface area contributed by atoms with Gasteiger partial charge in [-0.3, -0.25) is 0 Å². The fourth-order valence-corrected chi connectivity index (χ4v) is 1.96. The molecule has 1 aromatic rings. The van der Waals surface area contributed by atoms with E-state index in [0.29, 0.717) is 5.41 Å². The predicted molar refractivity (Wildman–Crippen MR) is 71.2 cm³/mol. The molecule has 1 atom stereocenters. The van der Waals surface area contributed by atoms with Crippen LogP contribution >= 0.6 is 0 Å². The van der Waals surface area contributed by atoms with E-state index >= 15 is 0 Å². The van der Waals surface area contributed by atoms with Gasteiger partial charge in [-0.05, 0) is 24.2 Å². The second-order valence-corrected chi connectivity index (χ2v) is 5.49. The molecule has 94 valence electrons. The standard InChI is InChI=1S/C13H22N4/c1-4-5-14-11-6-12(17-9-16-11)15-8-10-7-13(10,2)3/h6,9-10H,4-5,7-8H2,1-3H3,(H2,14,15,16,17). The molecule has 0 aliphatic heterocycles. The van der Waals surface area contributed by atoms with E-state index in [2.05, 4.69) is 41.4 Å². The van der Waals surface area contributed by atoms with Crippen LogP contribution in [0.2, 0.25) is 0 Å². The first-order valence-corrected chi connectivity index (χ1v) is 6.41. The zero-order chi connectivity index (χ0) is 12.3. The van der Waals surface area contributed by atoms with Crippen molar-refractivity contribution >= 4 is 11.6 Å². The minimum Gasteiger partial charge on any atom is -0.370 e. The van der Waals surface area contributed by atoms with Crippen LogP contribution < -0.4 is 10.6 Å². The van der Waals surface area contributed by atoms with Crippen LogP contribution in [0.4, 0.5) is 11.6 Å². The van der Waals surface area contributed by atoms with Crippen molar-refractivity contribution in [1.82, 2.24) is 9.97 Å². The highest BCUT2D eigenvalue weighted by molar-refractivity contribution is 5.46. The van der Waals surface area contributed by atoms with Crippen molar-refractivity contribution in [3.63, 3.8) is 0 Å². The molecule has 2 N–H and O–H groups in total. The van der Waals surface area contributed by atoms with Crippen LogP contribution in [0.1, 0.15) is 33.6 Å². The summed E-state index contributed by atoms with van der Waals surface area (Å²) in [6.45, 7) is 8.73. The van der Waals surface area contributed by atoms with Gasteiger partial charge in [0.15, 0.2) is 0 Å². The minimum absolute atomic E-state index is 0.517. The Kier molecular flexibility index (Phi) is 3.50. The molecule has 0 amide bonds. The Labute approximate surface area is 103 Å². The van der Waals surface area contributed by atoms with Crippen molar-refractivity contribution in [3.05, 3.63) is 12.4 Å². The molecule has 4 heteroatoms. The topological polar surface area (TPSA) is 49.8 Å². The van der Waals surface area contributed by atoms with Crippen molar-refractivity contribution in [2.24, 2.45) is 11.3 Å². The predicted octanol–water partition coefficient (Wildman–Crippen LogP) is 2.76. The Morgan fingerprint density at radius 3 is 2.53 bits per heavy atom. The lowest BCUT2D eigenvalue weighted by Crippen LogP contribution is -2.09. The Hall–Kier alpha value is -1.32. The van der Waals surface area contributed by atoms with Gasteiger partial charge >= 0.3 is 0 Å². The molecule has 2 rings (SSSR count). The van der Waals surface area contributed by atoms with Gasteiger partial charge in [0.1, 0.15) is 18.0 Å². The molecule has 4 nitrogen and oxygen atoms in total. The molecule has 0 spiro atoms. The molecule has 1 aromatic heterocycles.